The lowest BCUT2D eigenvalue weighted by Crippen LogP contribution is -2.33. The summed E-state index contributed by atoms with van der Waals surface area (Å²) in [5, 5.41) is 0. The van der Waals surface area contributed by atoms with Gasteiger partial charge in [-0.05, 0) is 50.2 Å². The minimum absolute atomic E-state index is 0.321. The van der Waals surface area contributed by atoms with Gasteiger partial charge in [-0.1, -0.05) is 30.7 Å². The van der Waals surface area contributed by atoms with Crippen molar-refractivity contribution in [2.45, 2.75) is 46.1 Å². The van der Waals surface area contributed by atoms with Crippen LogP contribution in [0.2, 0.25) is 0 Å². The quantitative estimate of drug-likeness (QED) is 0.803. The topological polar surface area (TPSA) is 52.3 Å². The monoisotopic (exact) mass is 263 g/mol. The van der Waals surface area contributed by atoms with E-state index in [1.165, 1.54) is 23.8 Å². The molecule has 0 radical (unpaired) electrons. The number of hydrogen-bond donors (Lipinski definition) is 1. The van der Waals surface area contributed by atoms with Crippen LogP contribution < -0.4 is 5.73 Å². The largest absolute Gasteiger partial charge is 0.468 e. The summed E-state index contributed by atoms with van der Waals surface area (Å²) in [6.07, 6.45) is 2.75. The van der Waals surface area contributed by atoms with Crippen molar-refractivity contribution in [1.29, 1.82) is 0 Å². The fraction of sp³-hybridized carbons (Fsp3) is 0.562. The number of methoxy groups -OCH3 is 1. The Hall–Kier alpha value is -1.35. The summed E-state index contributed by atoms with van der Waals surface area (Å²) in [6.45, 7) is 6.38. The normalized spacial score (nSPS) is 13.9. The lowest BCUT2D eigenvalue weighted by Gasteiger charge is -2.16. The van der Waals surface area contributed by atoms with Gasteiger partial charge >= 0.3 is 5.97 Å². The molecule has 0 bridgehead atoms. The fourth-order valence-corrected chi connectivity index (χ4v) is 2.27. The van der Waals surface area contributed by atoms with Crippen LogP contribution >= 0.6 is 0 Å². The lowest BCUT2D eigenvalue weighted by atomic mass is 9.93. The predicted molar refractivity (Wildman–Crippen MR) is 78.0 cm³/mol. The molecule has 2 atom stereocenters. The number of carbonyl (C=O) groups is 1. The highest BCUT2D eigenvalue weighted by atomic mass is 16.5. The molecule has 106 valence electrons. The van der Waals surface area contributed by atoms with Gasteiger partial charge in [0.25, 0.3) is 0 Å². The van der Waals surface area contributed by atoms with Gasteiger partial charge in [0.05, 0.1) is 7.11 Å². The van der Waals surface area contributed by atoms with Crippen LogP contribution in [0.3, 0.4) is 0 Å². The molecule has 1 rings (SSSR count). The van der Waals surface area contributed by atoms with E-state index >= 15 is 0 Å². The zero-order chi connectivity index (χ0) is 14.4. The number of hydrogen-bond acceptors (Lipinski definition) is 3. The molecular weight excluding hydrogens is 238 g/mol. The third kappa shape index (κ3) is 5.03. The van der Waals surface area contributed by atoms with Crippen molar-refractivity contribution in [3.8, 4) is 0 Å². The number of benzene rings is 1. The Morgan fingerprint density at radius 2 is 2.05 bits per heavy atom. The summed E-state index contributed by atoms with van der Waals surface area (Å²) in [6, 6.07) is 6.03. The summed E-state index contributed by atoms with van der Waals surface area (Å²) >= 11 is 0. The van der Waals surface area contributed by atoms with Crippen LogP contribution in [-0.4, -0.2) is 19.1 Å². The van der Waals surface area contributed by atoms with Gasteiger partial charge in [-0.15, -0.1) is 0 Å². The zero-order valence-corrected chi connectivity index (χ0v) is 12.4. The second kappa shape index (κ2) is 7.29. The van der Waals surface area contributed by atoms with Gasteiger partial charge < -0.3 is 10.5 Å². The van der Waals surface area contributed by atoms with Crippen LogP contribution in [0.4, 0.5) is 0 Å². The van der Waals surface area contributed by atoms with E-state index in [0.29, 0.717) is 12.3 Å². The van der Waals surface area contributed by atoms with E-state index in [4.69, 9.17) is 5.73 Å². The van der Waals surface area contributed by atoms with Crippen LogP contribution in [0, 0.1) is 19.8 Å². The Morgan fingerprint density at radius 1 is 1.37 bits per heavy atom. The first-order valence-corrected chi connectivity index (χ1v) is 6.83. The molecule has 1 aromatic rings. The molecule has 3 heteroatoms. The summed E-state index contributed by atoms with van der Waals surface area (Å²) in [5.74, 6) is 0.0904. The van der Waals surface area contributed by atoms with Crippen molar-refractivity contribution in [2.24, 2.45) is 11.7 Å². The highest BCUT2D eigenvalue weighted by Crippen LogP contribution is 2.18. The minimum Gasteiger partial charge on any atom is -0.468 e. The van der Waals surface area contributed by atoms with Crippen molar-refractivity contribution in [3.05, 3.63) is 34.9 Å². The highest BCUT2D eigenvalue weighted by molar-refractivity contribution is 5.75. The van der Waals surface area contributed by atoms with Crippen molar-refractivity contribution >= 4 is 5.97 Å². The first-order chi connectivity index (χ1) is 8.93. The van der Waals surface area contributed by atoms with Gasteiger partial charge in [-0.3, -0.25) is 4.79 Å². The molecule has 2 N–H and O–H groups in total. The SMILES string of the molecule is COC(=O)C(N)CC(C)CCc1cc(C)ccc1C. The second-order valence-corrected chi connectivity index (χ2v) is 5.44. The molecule has 3 nitrogen and oxygen atoms in total. The van der Waals surface area contributed by atoms with Crippen molar-refractivity contribution in [1.82, 2.24) is 0 Å². The van der Waals surface area contributed by atoms with Crippen LogP contribution in [0.25, 0.3) is 0 Å². The maximum absolute atomic E-state index is 11.3. The molecule has 0 aliphatic heterocycles. The fourth-order valence-electron chi connectivity index (χ4n) is 2.27. The maximum atomic E-state index is 11.3. The van der Waals surface area contributed by atoms with Crippen molar-refractivity contribution in [2.75, 3.05) is 7.11 Å². The van der Waals surface area contributed by atoms with Gasteiger partial charge in [0, 0.05) is 0 Å². The van der Waals surface area contributed by atoms with Gasteiger partial charge in [-0.2, -0.15) is 0 Å². The van der Waals surface area contributed by atoms with Crippen molar-refractivity contribution < 1.29 is 9.53 Å². The molecule has 0 aliphatic rings. The van der Waals surface area contributed by atoms with E-state index in [9.17, 15) is 4.79 Å². The predicted octanol–water partition coefficient (Wildman–Crippen LogP) is 2.76. The van der Waals surface area contributed by atoms with E-state index in [-0.39, 0.29) is 5.97 Å². The molecule has 0 aliphatic carbocycles. The first kappa shape index (κ1) is 15.7. The standard InChI is InChI=1S/C16H25NO2/c1-11-5-7-13(3)14(9-11)8-6-12(2)10-15(17)16(18)19-4/h5,7,9,12,15H,6,8,10,17H2,1-4H3. The van der Waals surface area contributed by atoms with E-state index in [1.54, 1.807) is 0 Å². The van der Waals surface area contributed by atoms with Gasteiger partial charge in [0.15, 0.2) is 0 Å². The summed E-state index contributed by atoms with van der Waals surface area (Å²) in [5.41, 5.74) is 9.78. The van der Waals surface area contributed by atoms with Gasteiger partial charge in [-0.25, -0.2) is 0 Å². The van der Waals surface area contributed by atoms with Gasteiger partial charge in [0.2, 0.25) is 0 Å². The average Bonchev–Trinajstić information content (AvgIpc) is 2.38. The minimum atomic E-state index is -0.501. The third-order valence-electron chi connectivity index (χ3n) is 3.57. The molecule has 0 amide bonds. The molecule has 19 heavy (non-hydrogen) atoms. The van der Waals surface area contributed by atoms with E-state index in [1.807, 2.05) is 0 Å². The number of nitrogens with two attached hydrogens (primary N) is 1. The first-order valence-electron chi connectivity index (χ1n) is 6.83. The Kier molecular flexibility index (Phi) is 6.03. The Balaban J connectivity index is 2.48. The van der Waals surface area contributed by atoms with E-state index in [0.717, 1.165) is 12.8 Å². The van der Waals surface area contributed by atoms with Gasteiger partial charge in [0.1, 0.15) is 6.04 Å². The van der Waals surface area contributed by atoms with Crippen LogP contribution in [-0.2, 0) is 16.0 Å². The number of esters is 1. The third-order valence-corrected chi connectivity index (χ3v) is 3.57. The molecule has 2 unspecified atom stereocenters. The number of carbonyl (C=O) groups excluding carboxylic acids is 1. The van der Waals surface area contributed by atoms with Crippen LogP contribution in [0.15, 0.2) is 18.2 Å². The Bertz CT molecular complexity index is 429. The molecule has 1 aromatic carbocycles. The molecule has 0 spiro atoms. The molecular formula is C16H25NO2. The summed E-state index contributed by atoms with van der Waals surface area (Å²) in [7, 11) is 1.38. The van der Waals surface area contributed by atoms with E-state index < -0.39 is 6.04 Å². The second-order valence-electron chi connectivity index (χ2n) is 5.44. The highest BCUT2D eigenvalue weighted by Gasteiger charge is 2.17. The van der Waals surface area contributed by atoms with E-state index in [2.05, 4.69) is 43.7 Å². The number of ether oxygens (including phenoxy) is 1. The number of aryl methyl sites for hydroxylation is 3. The van der Waals surface area contributed by atoms with Crippen LogP contribution in [0.1, 0.15) is 36.5 Å². The average molecular weight is 263 g/mol. The molecule has 0 fully saturated rings. The number of rotatable bonds is 6. The van der Waals surface area contributed by atoms with Crippen LogP contribution in [0.5, 0.6) is 0 Å². The van der Waals surface area contributed by atoms with Crippen molar-refractivity contribution in [3.63, 3.8) is 0 Å². The Labute approximate surface area is 116 Å². The smallest absolute Gasteiger partial charge is 0.322 e. The zero-order valence-electron chi connectivity index (χ0n) is 12.4. The summed E-state index contributed by atoms with van der Waals surface area (Å²) in [4.78, 5) is 11.3. The molecule has 0 aromatic heterocycles. The molecule has 0 saturated heterocycles. The molecule has 0 heterocycles. The Morgan fingerprint density at radius 3 is 2.68 bits per heavy atom. The lowest BCUT2D eigenvalue weighted by molar-refractivity contribution is -0.142. The summed E-state index contributed by atoms with van der Waals surface area (Å²) < 4.78 is 4.65. The molecule has 0 saturated carbocycles. The maximum Gasteiger partial charge on any atom is 0.322 e.